The molecule has 2 heterocycles. The quantitative estimate of drug-likeness (QED) is 0.588. The van der Waals surface area contributed by atoms with Crippen LogP contribution in [0.4, 0.5) is 0 Å². The van der Waals surface area contributed by atoms with E-state index < -0.39 is 0 Å². The van der Waals surface area contributed by atoms with E-state index >= 15 is 0 Å². The zero-order chi connectivity index (χ0) is 19.8. The lowest BCUT2D eigenvalue weighted by Gasteiger charge is -2.34. The molecule has 2 aromatic rings. The molecular weight excluding hydrogens is 372 g/mol. The van der Waals surface area contributed by atoms with Gasteiger partial charge in [0.1, 0.15) is 11.5 Å². The molecule has 1 atom stereocenters. The Hall–Kier alpha value is -2.41. The summed E-state index contributed by atoms with van der Waals surface area (Å²) in [5, 5.41) is 4.14. The minimum Gasteiger partial charge on any atom is -0.497 e. The molecule has 0 bridgehead atoms. The van der Waals surface area contributed by atoms with E-state index in [2.05, 4.69) is 38.9 Å². The number of hydrogen-bond donors (Lipinski definition) is 1. The number of nitrogens with one attached hydrogen (secondary N) is 1. The third kappa shape index (κ3) is 5.55. The fraction of sp³-hybridized carbons (Fsp3) is 0.429. The number of nitrogens with zero attached hydrogens (tertiary/aromatic N) is 3. The Morgan fingerprint density at radius 2 is 2.18 bits per heavy atom. The van der Waals surface area contributed by atoms with E-state index in [4.69, 9.17) is 9.47 Å². The number of hydrogen-bond acceptors (Lipinski definition) is 5. The highest BCUT2D eigenvalue weighted by atomic mass is 32.2. The first-order valence-corrected chi connectivity index (χ1v) is 10.6. The van der Waals surface area contributed by atoms with Crippen molar-refractivity contribution < 1.29 is 9.47 Å². The van der Waals surface area contributed by atoms with Gasteiger partial charge in [0.05, 0.1) is 7.11 Å². The van der Waals surface area contributed by atoms with Crippen LogP contribution in [0.2, 0.25) is 0 Å². The predicted octanol–water partition coefficient (Wildman–Crippen LogP) is 3.79. The summed E-state index contributed by atoms with van der Waals surface area (Å²) in [7, 11) is 3.48. The molecule has 1 unspecified atom stereocenters. The van der Waals surface area contributed by atoms with Crippen LogP contribution in [0.15, 0.2) is 47.6 Å². The number of aliphatic imine (C=N–C) groups is 1. The van der Waals surface area contributed by atoms with Gasteiger partial charge < -0.3 is 19.7 Å². The lowest BCUT2D eigenvalue weighted by atomic mass is 10.3. The summed E-state index contributed by atoms with van der Waals surface area (Å²) in [6.07, 6.45) is 3.02. The first-order valence-electron chi connectivity index (χ1n) is 9.56. The molecule has 0 amide bonds. The van der Waals surface area contributed by atoms with E-state index in [1.54, 1.807) is 7.11 Å². The highest BCUT2D eigenvalue weighted by Crippen LogP contribution is 2.24. The zero-order valence-electron chi connectivity index (χ0n) is 16.7. The standard InChI is InChI=1S/C21H28N4O2S/c1-4-19-15-25(10-11-28-19)21(22-2)24-14-16-8-9-20(23-13-16)27-18-7-5-6-17(12-18)26-3/h5-9,12-13,19H,4,10-11,14-15H2,1-3H3,(H,22,24). The van der Waals surface area contributed by atoms with E-state index in [0.717, 1.165) is 36.1 Å². The Morgan fingerprint density at radius 1 is 1.32 bits per heavy atom. The highest BCUT2D eigenvalue weighted by molar-refractivity contribution is 8.00. The summed E-state index contributed by atoms with van der Waals surface area (Å²) in [5.74, 6) is 4.12. The molecule has 0 saturated carbocycles. The van der Waals surface area contributed by atoms with Gasteiger partial charge in [0.15, 0.2) is 5.96 Å². The second-order valence-corrected chi connectivity index (χ2v) is 7.94. The second-order valence-electron chi connectivity index (χ2n) is 6.53. The number of ether oxygens (including phenoxy) is 2. The van der Waals surface area contributed by atoms with E-state index in [-0.39, 0.29) is 0 Å². The van der Waals surface area contributed by atoms with Gasteiger partial charge in [0.2, 0.25) is 5.88 Å². The summed E-state index contributed by atoms with van der Waals surface area (Å²) in [4.78, 5) is 11.2. The van der Waals surface area contributed by atoms with Crippen LogP contribution in [0.5, 0.6) is 17.4 Å². The predicted molar refractivity (Wildman–Crippen MR) is 116 cm³/mol. The minimum atomic E-state index is 0.556. The van der Waals surface area contributed by atoms with Gasteiger partial charge in [-0.1, -0.05) is 19.1 Å². The molecule has 1 fully saturated rings. The molecule has 0 aliphatic carbocycles. The van der Waals surface area contributed by atoms with Crippen molar-refractivity contribution >= 4 is 17.7 Å². The van der Waals surface area contributed by atoms with Crippen LogP contribution in [0.3, 0.4) is 0 Å². The Balaban J connectivity index is 1.54. The van der Waals surface area contributed by atoms with Crippen molar-refractivity contribution in [1.29, 1.82) is 0 Å². The average Bonchev–Trinajstić information content (AvgIpc) is 2.75. The van der Waals surface area contributed by atoms with Gasteiger partial charge in [-0.25, -0.2) is 4.98 Å². The van der Waals surface area contributed by atoms with Gasteiger partial charge in [0.25, 0.3) is 0 Å². The minimum absolute atomic E-state index is 0.556. The van der Waals surface area contributed by atoms with E-state index in [1.165, 1.54) is 6.42 Å². The van der Waals surface area contributed by atoms with Gasteiger partial charge in [-0.3, -0.25) is 4.99 Å². The summed E-state index contributed by atoms with van der Waals surface area (Å²) >= 11 is 2.06. The van der Waals surface area contributed by atoms with Gasteiger partial charge in [-0.2, -0.15) is 11.8 Å². The Morgan fingerprint density at radius 3 is 2.89 bits per heavy atom. The largest absolute Gasteiger partial charge is 0.497 e. The van der Waals surface area contributed by atoms with Crippen LogP contribution in [0, 0.1) is 0 Å². The topological polar surface area (TPSA) is 59.0 Å². The van der Waals surface area contributed by atoms with Crippen LogP contribution < -0.4 is 14.8 Å². The molecule has 0 radical (unpaired) electrons. The molecule has 1 aliphatic heterocycles. The van der Waals surface area contributed by atoms with Crippen molar-refractivity contribution in [2.24, 2.45) is 4.99 Å². The fourth-order valence-electron chi connectivity index (χ4n) is 3.03. The van der Waals surface area contributed by atoms with Gasteiger partial charge in [-0.15, -0.1) is 0 Å². The summed E-state index contributed by atoms with van der Waals surface area (Å²) in [6.45, 7) is 5.01. The van der Waals surface area contributed by atoms with Crippen molar-refractivity contribution in [2.75, 3.05) is 33.0 Å². The molecule has 28 heavy (non-hydrogen) atoms. The normalized spacial score (nSPS) is 17.3. The summed E-state index contributed by atoms with van der Waals surface area (Å²) in [6, 6.07) is 11.4. The maximum absolute atomic E-state index is 5.80. The number of guanidine groups is 1. The van der Waals surface area contributed by atoms with Gasteiger partial charge in [0, 0.05) is 56.0 Å². The SMILES string of the molecule is CCC1CN(C(=NC)NCc2ccc(Oc3cccc(OC)c3)nc2)CCS1. The highest BCUT2D eigenvalue weighted by Gasteiger charge is 2.21. The fourth-order valence-corrected chi connectivity index (χ4v) is 4.21. The first kappa shape index (κ1) is 20.3. The number of thioether (sulfide) groups is 1. The van der Waals surface area contributed by atoms with Crippen LogP contribution >= 0.6 is 11.8 Å². The number of benzene rings is 1. The third-order valence-corrected chi connectivity index (χ3v) is 5.99. The third-order valence-electron chi connectivity index (χ3n) is 4.62. The molecule has 1 saturated heterocycles. The molecule has 1 N–H and O–H groups in total. The number of rotatable bonds is 6. The maximum atomic E-state index is 5.80. The van der Waals surface area contributed by atoms with E-state index in [1.807, 2.05) is 49.6 Å². The van der Waals surface area contributed by atoms with Crippen molar-refractivity contribution in [3.8, 4) is 17.4 Å². The number of methoxy groups -OCH3 is 1. The number of pyridine rings is 1. The summed E-state index contributed by atoms with van der Waals surface area (Å²) < 4.78 is 11.0. The maximum Gasteiger partial charge on any atom is 0.219 e. The van der Waals surface area contributed by atoms with Crippen molar-refractivity contribution in [1.82, 2.24) is 15.2 Å². The van der Waals surface area contributed by atoms with Crippen LogP contribution in [-0.2, 0) is 6.54 Å². The van der Waals surface area contributed by atoms with Crippen LogP contribution in [-0.4, -0.2) is 54.1 Å². The molecule has 150 valence electrons. The Bertz CT molecular complexity index is 782. The van der Waals surface area contributed by atoms with E-state index in [9.17, 15) is 0 Å². The molecule has 6 nitrogen and oxygen atoms in total. The lowest BCUT2D eigenvalue weighted by molar-refractivity contribution is 0.407. The number of aromatic nitrogens is 1. The van der Waals surface area contributed by atoms with Crippen molar-refractivity contribution in [3.63, 3.8) is 0 Å². The molecule has 0 spiro atoms. The average molecular weight is 401 g/mol. The van der Waals surface area contributed by atoms with Gasteiger partial charge in [-0.05, 0) is 24.1 Å². The smallest absolute Gasteiger partial charge is 0.219 e. The first-order chi connectivity index (χ1) is 13.7. The molecular formula is C21H28N4O2S. The van der Waals surface area contributed by atoms with E-state index in [0.29, 0.717) is 23.4 Å². The zero-order valence-corrected chi connectivity index (χ0v) is 17.5. The van der Waals surface area contributed by atoms with Gasteiger partial charge >= 0.3 is 0 Å². The van der Waals surface area contributed by atoms with Crippen LogP contribution in [0.25, 0.3) is 0 Å². The van der Waals surface area contributed by atoms with Crippen molar-refractivity contribution in [3.05, 3.63) is 48.2 Å². The summed E-state index contributed by atoms with van der Waals surface area (Å²) in [5.41, 5.74) is 1.08. The Kier molecular flexibility index (Phi) is 7.42. The Labute approximate surface area is 171 Å². The second kappa shape index (κ2) is 10.2. The molecule has 1 aliphatic rings. The molecule has 1 aromatic carbocycles. The molecule has 1 aromatic heterocycles. The van der Waals surface area contributed by atoms with Crippen molar-refractivity contribution in [2.45, 2.75) is 25.1 Å². The lowest BCUT2D eigenvalue weighted by Crippen LogP contribution is -2.47. The molecule has 3 rings (SSSR count). The molecule has 7 heteroatoms. The monoisotopic (exact) mass is 400 g/mol. The van der Waals surface area contributed by atoms with Crippen LogP contribution in [0.1, 0.15) is 18.9 Å².